The third kappa shape index (κ3) is 4.17. The summed E-state index contributed by atoms with van der Waals surface area (Å²) in [5, 5.41) is 10.3. The topological polar surface area (TPSA) is 98.7 Å². The molecule has 0 aliphatic rings. The number of nitrogens with zero attached hydrogens (tertiary/aromatic N) is 6. The lowest BCUT2D eigenvalue weighted by molar-refractivity contribution is -0.137. The summed E-state index contributed by atoms with van der Waals surface area (Å²) < 4.78 is 41.4. The molecule has 0 aliphatic carbocycles. The van der Waals surface area contributed by atoms with Gasteiger partial charge in [-0.05, 0) is 32.0 Å². The molecule has 160 valence electrons. The number of hydrogen-bond donors (Lipinski definition) is 1. The molecule has 0 bridgehead atoms. The van der Waals surface area contributed by atoms with Crippen LogP contribution in [-0.2, 0) is 12.7 Å². The van der Waals surface area contributed by atoms with Crippen molar-refractivity contribution in [2.24, 2.45) is 0 Å². The number of fused-ring (bicyclic) bond motifs is 1. The number of rotatable bonds is 4. The smallest absolute Gasteiger partial charge is 0.389 e. The molecule has 11 heteroatoms. The van der Waals surface area contributed by atoms with E-state index in [9.17, 15) is 23.1 Å². The Morgan fingerprint density at radius 3 is 2.45 bits per heavy atom. The minimum atomic E-state index is -4.51. The van der Waals surface area contributed by atoms with Crippen molar-refractivity contribution < 1.29 is 18.3 Å². The summed E-state index contributed by atoms with van der Waals surface area (Å²) in [5.41, 5.74) is -1.83. The highest BCUT2D eigenvalue weighted by Gasteiger charge is 2.30. The van der Waals surface area contributed by atoms with Crippen LogP contribution in [0.5, 0.6) is 0 Å². The van der Waals surface area contributed by atoms with Crippen LogP contribution in [0.15, 0.2) is 54.2 Å². The molecule has 0 aliphatic heterocycles. The minimum Gasteiger partial charge on any atom is -0.389 e. The lowest BCUT2D eigenvalue weighted by Crippen LogP contribution is -2.33. The van der Waals surface area contributed by atoms with E-state index in [2.05, 4.69) is 19.9 Å². The van der Waals surface area contributed by atoms with Gasteiger partial charge >= 0.3 is 6.18 Å². The monoisotopic (exact) mass is 430 g/mol. The maximum absolute atomic E-state index is 13.1. The molecule has 0 unspecified atom stereocenters. The summed E-state index contributed by atoms with van der Waals surface area (Å²) in [6.45, 7) is 3.13. The van der Waals surface area contributed by atoms with Crippen molar-refractivity contribution in [1.82, 2.24) is 29.1 Å². The zero-order valence-corrected chi connectivity index (χ0v) is 16.5. The van der Waals surface area contributed by atoms with Crippen LogP contribution in [0.3, 0.4) is 0 Å². The molecule has 0 fully saturated rings. The number of imidazole rings is 1. The van der Waals surface area contributed by atoms with E-state index in [-0.39, 0.29) is 34.7 Å². The van der Waals surface area contributed by atoms with Gasteiger partial charge in [0.15, 0.2) is 5.82 Å². The lowest BCUT2D eigenvalue weighted by Gasteiger charge is -2.19. The van der Waals surface area contributed by atoms with Gasteiger partial charge in [-0.25, -0.2) is 15.0 Å². The molecule has 4 rings (SSSR count). The van der Waals surface area contributed by atoms with Crippen LogP contribution in [0.1, 0.15) is 19.4 Å². The Morgan fingerprint density at radius 2 is 1.87 bits per heavy atom. The van der Waals surface area contributed by atoms with E-state index < -0.39 is 22.9 Å². The van der Waals surface area contributed by atoms with Crippen molar-refractivity contribution in [1.29, 1.82) is 0 Å². The van der Waals surface area contributed by atoms with Gasteiger partial charge < -0.3 is 5.11 Å². The number of pyridine rings is 2. The minimum absolute atomic E-state index is 0.00533. The van der Waals surface area contributed by atoms with E-state index in [1.54, 1.807) is 24.6 Å². The van der Waals surface area contributed by atoms with Gasteiger partial charge in [0, 0.05) is 18.6 Å². The Bertz CT molecular complexity index is 1290. The van der Waals surface area contributed by atoms with Crippen molar-refractivity contribution in [3.8, 4) is 17.2 Å². The fraction of sp³-hybridized carbons (Fsp3) is 0.250. The highest BCUT2D eigenvalue weighted by atomic mass is 19.4. The summed E-state index contributed by atoms with van der Waals surface area (Å²) in [7, 11) is 0. The van der Waals surface area contributed by atoms with Gasteiger partial charge in [-0.3, -0.25) is 18.9 Å². The third-order valence-corrected chi connectivity index (χ3v) is 4.45. The molecule has 1 N–H and O–H groups in total. The lowest BCUT2D eigenvalue weighted by atomic mass is 10.1. The van der Waals surface area contributed by atoms with Crippen LogP contribution in [0.4, 0.5) is 13.2 Å². The van der Waals surface area contributed by atoms with Crippen LogP contribution in [0, 0.1) is 0 Å². The largest absolute Gasteiger partial charge is 0.417 e. The summed E-state index contributed by atoms with van der Waals surface area (Å²) in [6, 6.07) is 3.53. The zero-order valence-electron chi connectivity index (χ0n) is 16.5. The van der Waals surface area contributed by atoms with Crippen LogP contribution >= 0.6 is 0 Å². The number of halogens is 3. The summed E-state index contributed by atoms with van der Waals surface area (Å²) in [5.74, 6) is 0.277. The molecule has 0 aromatic carbocycles. The fourth-order valence-electron chi connectivity index (χ4n) is 3.09. The molecule has 4 heterocycles. The quantitative estimate of drug-likeness (QED) is 0.535. The number of aromatic nitrogens is 6. The molecule has 0 spiro atoms. The maximum Gasteiger partial charge on any atom is 0.417 e. The predicted octanol–water partition coefficient (Wildman–Crippen LogP) is 2.83. The number of aliphatic hydroxyl groups is 1. The van der Waals surface area contributed by atoms with E-state index >= 15 is 0 Å². The van der Waals surface area contributed by atoms with Gasteiger partial charge in [0.1, 0.15) is 11.8 Å². The van der Waals surface area contributed by atoms with Crippen molar-refractivity contribution in [3.63, 3.8) is 0 Å². The van der Waals surface area contributed by atoms with E-state index in [0.29, 0.717) is 6.20 Å². The fourth-order valence-corrected chi connectivity index (χ4v) is 3.09. The summed E-state index contributed by atoms with van der Waals surface area (Å²) >= 11 is 0. The molecular weight excluding hydrogens is 413 g/mol. The van der Waals surface area contributed by atoms with E-state index in [1.807, 2.05) is 0 Å². The molecule has 0 saturated carbocycles. The van der Waals surface area contributed by atoms with Crippen molar-refractivity contribution in [3.05, 3.63) is 65.4 Å². The van der Waals surface area contributed by atoms with Gasteiger partial charge in [-0.15, -0.1) is 0 Å². The van der Waals surface area contributed by atoms with Gasteiger partial charge in [-0.1, -0.05) is 0 Å². The normalized spacial score (nSPS) is 12.5. The molecule has 0 radical (unpaired) electrons. The van der Waals surface area contributed by atoms with E-state index in [1.165, 1.54) is 35.6 Å². The molecule has 8 nitrogen and oxygen atoms in total. The highest BCUT2D eigenvalue weighted by molar-refractivity contribution is 5.87. The average molecular weight is 430 g/mol. The van der Waals surface area contributed by atoms with Crippen LogP contribution in [0.25, 0.3) is 28.1 Å². The van der Waals surface area contributed by atoms with E-state index in [0.717, 1.165) is 6.07 Å². The molecule has 0 amide bonds. The first kappa shape index (κ1) is 20.7. The highest BCUT2D eigenvalue weighted by Crippen LogP contribution is 2.30. The standard InChI is InChI=1S/C20H17F3N6O2/c1-19(2,31)9-29-11-26-16-13(18(29)30)7-15(27-17(16)28-6-5-24-10-28)14-4-3-12(8-25-14)20(21,22)23/h3-8,10-11,31H,9H2,1-2H3. The van der Waals surface area contributed by atoms with Crippen molar-refractivity contribution in [2.45, 2.75) is 32.2 Å². The number of alkyl halides is 3. The van der Waals surface area contributed by atoms with Gasteiger partial charge in [-0.2, -0.15) is 13.2 Å². The Balaban J connectivity index is 1.94. The summed E-state index contributed by atoms with van der Waals surface area (Å²) in [6.07, 6.45) is 2.12. The second-order valence-electron chi connectivity index (χ2n) is 7.62. The third-order valence-electron chi connectivity index (χ3n) is 4.45. The Hall–Kier alpha value is -3.60. The van der Waals surface area contributed by atoms with Gasteiger partial charge in [0.05, 0.1) is 40.8 Å². The first-order chi connectivity index (χ1) is 14.5. The average Bonchev–Trinajstić information content (AvgIpc) is 3.23. The first-order valence-corrected chi connectivity index (χ1v) is 9.17. The Morgan fingerprint density at radius 1 is 1.10 bits per heavy atom. The van der Waals surface area contributed by atoms with E-state index in [4.69, 9.17) is 0 Å². The molecule has 0 saturated heterocycles. The maximum atomic E-state index is 13.1. The Kier molecular flexibility index (Phi) is 4.85. The van der Waals surface area contributed by atoms with Crippen LogP contribution < -0.4 is 5.56 Å². The zero-order chi connectivity index (χ0) is 22.4. The molecule has 4 aromatic rings. The van der Waals surface area contributed by atoms with Crippen LogP contribution in [-0.4, -0.2) is 39.8 Å². The van der Waals surface area contributed by atoms with Crippen molar-refractivity contribution >= 4 is 10.9 Å². The first-order valence-electron chi connectivity index (χ1n) is 9.17. The molecular formula is C20H17F3N6O2. The summed E-state index contributed by atoms with van der Waals surface area (Å²) in [4.78, 5) is 29.7. The van der Waals surface area contributed by atoms with Gasteiger partial charge in [0.2, 0.25) is 0 Å². The Labute approximate surface area is 173 Å². The van der Waals surface area contributed by atoms with Crippen LogP contribution in [0.2, 0.25) is 0 Å². The number of hydrogen-bond acceptors (Lipinski definition) is 6. The SMILES string of the molecule is CC(C)(O)Cn1cnc2c(-n3ccnc3)nc(-c3ccc(C(F)(F)F)cn3)cc2c1=O. The molecule has 4 aromatic heterocycles. The second kappa shape index (κ2) is 7.27. The van der Waals surface area contributed by atoms with Crippen molar-refractivity contribution in [2.75, 3.05) is 0 Å². The molecule has 31 heavy (non-hydrogen) atoms. The molecule has 0 atom stereocenters. The predicted molar refractivity (Wildman–Crippen MR) is 105 cm³/mol. The second-order valence-corrected chi connectivity index (χ2v) is 7.62. The van der Waals surface area contributed by atoms with Gasteiger partial charge in [0.25, 0.3) is 5.56 Å².